The summed E-state index contributed by atoms with van der Waals surface area (Å²) in [6.07, 6.45) is 10.4. The van der Waals surface area contributed by atoms with Crippen molar-refractivity contribution in [2.45, 2.75) is 77.9 Å². The van der Waals surface area contributed by atoms with Gasteiger partial charge in [0, 0.05) is 25.4 Å². The molecule has 0 heterocycles. The van der Waals surface area contributed by atoms with E-state index in [0.29, 0.717) is 24.7 Å². The summed E-state index contributed by atoms with van der Waals surface area (Å²) in [5, 5.41) is 37.0. The van der Waals surface area contributed by atoms with Crippen LogP contribution in [0.1, 0.15) is 65.7 Å². The molecule has 2 fully saturated rings. The van der Waals surface area contributed by atoms with Crippen LogP contribution in [0.25, 0.3) is 0 Å². The molecule has 0 bridgehead atoms. The third-order valence-corrected chi connectivity index (χ3v) is 5.85. The molecule has 0 aromatic carbocycles. The summed E-state index contributed by atoms with van der Waals surface area (Å²) in [6, 6.07) is 0. The van der Waals surface area contributed by atoms with Gasteiger partial charge in [-0.1, -0.05) is 30.7 Å². The van der Waals surface area contributed by atoms with Crippen LogP contribution in [0.15, 0.2) is 23.8 Å². The van der Waals surface area contributed by atoms with E-state index >= 15 is 0 Å². The second kappa shape index (κ2) is 13.6. The summed E-state index contributed by atoms with van der Waals surface area (Å²) < 4.78 is 0. The normalized spacial score (nSPS) is 29.0. The van der Waals surface area contributed by atoms with Crippen LogP contribution in [0, 0.1) is 35.5 Å². The average molecular weight is 407 g/mol. The third kappa shape index (κ3) is 8.74. The number of carbonyl (C=O) groups is 1. The zero-order chi connectivity index (χ0) is 21.8. The maximum absolute atomic E-state index is 10.6. The third-order valence-electron chi connectivity index (χ3n) is 5.85. The summed E-state index contributed by atoms with van der Waals surface area (Å²) >= 11 is 0. The van der Waals surface area contributed by atoms with Gasteiger partial charge in [-0.3, -0.25) is 4.79 Å². The molecule has 0 amide bonds. The number of allylic oxidation sites excluding steroid dienone is 2. The molecule has 5 nitrogen and oxygen atoms in total. The van der Waals surface area contributed by atoms with Gasteiger partial charge >= 0.3 is 5.97 Å². The van der Waals surface area contributed by atoms with Crippen molar-refractivity contribution in [1.29, 1.82) is 0 Å². The Bertz CT molecular complexity index is 612. The summed E-state index contributed by atoms with van der Waals surface area (Å²) in [5.41, 5.74) is 1.41. The Labute approximate surface area is 175 Å². The zero-order valence-corrected chi connectivity index (χ0v) is 18.1. The Morgan fingerprint density at radius 3 is 2.66 bits per heavy atom. The van der Waals surface area contributed by atoms with Crippen molar-refractivity contribution in [3.63, 3.8) is 0 Å². The first-order valence-corrected chi connectivity index (χ1v) is 10.8. The maximum atomic E-state index is 10.6. The Morgan fingerprint density at radius 2 is 2.03 bits per heavy atom. The molecule has 5 heteroatoms. The number of carboxylic acid groups (broad SMARTS) is 1. The second-order valence-electron chi connectivity index (χ2n) is 8.16. The number of aliphatic hydroxyl groups excluding tert-OH is 3. The fourth-order valence-corrected chi connectivity index (χ4v) is 4.31. The molecular formula is C24H38O5. The number of aliphatic carboxylic acids is 1. The highest BCUT2D eigenvalue weighted by Gasteiger charge is 2.44. The molecule has 0 spiro atoms. The first-order chi connectivity index (χ1) is 13.8. The van der Waals surface area contributed by atoms with Gasteiger partial charge in [-0.05, 0) is 63.7 Å². The van der Waals surface area contributed by atoms with Crippen LogP contribution in [0.4, 0.5) is 0 Å². The lowest BCUT2D eigenvalue weighted by Crippen LogP contribution is -2.19. The lowest BCUT2D eigenvalue weighted by atomic mass is 9.89. The topological polar surface area (TPSA) is 98.0 Å². The van der Waals surface area contributed by atoms with Gasteiger partial charge in [-0.2, -0.15) is 0 Å². The Hall–Kier alpha value is -1.61. The number of hydrogen-bond acceptors (Lipinski definition) is 4. The van der Waals surface area contributed by atoms with Gasteiger partial charge in [0.05, 0.1) is 12.2 Å². The SMILES string of the molecule is CC#CCC(C)[C@H](O)/C=C/C1[C@H](O)C[C@@H]2C/C(=C\CCCC(=O)O)C[C@H]12.CCO. The number of carboxylic acids is 1. The van der Waals surface area contributed by atoms with E-state index in [1.165, 1.54) is 5.57 Å². The lowest BCUT2D eigenvalue weighted by Gasteiger charge is -2.19. The van der Waals surface area contributed by atoms with Gasteiger partial charge in [0.15, 0.2) is 0 Å². The number of rotatable bonds is 8. The van der Waals surface area contributed by atoms with Crippen LogP contribution >= 0.6 is 0 Å². The van der Waals surface area contributed by atoms with E-state index in [4.69, 9.17) is 10.2 Å². The maximum Gasteiger partial charge on any atom is 0.303 e. The largest absolute Gasteiger partial charge is 0.481 e. The summed E-state index contributed by atoms with van der Waals surface area (Å²) in [4.78, 5) is 10.6. The Balaban J connectivity index is 0.00000132. The molecule has 2 unspecified atom stereocenters. The second-order valence-corrected chi connectivity index (χ2v) is 8.16. The first-order valence-electron chi connectivity index (χ1n) is 10.8. The standard InChI is InChI=1S/C22H32O4.C2H6O/c1-3-4-7-15(2)20(23)11-10-18-19-13-16(8-5-6-9-22(25)26)12-17(19)14-21(18)24;1-2-3/h8,10-11,15,17-21,23-24H,5-7,9,12-14H2,1-2H3,(H,25,26);3H,2H2,1H3/b11-10+,16-8+;/t15?,17-,18?,19-,20+,21+;/m0./s1. The van der Waals surface area contributed by atoms with Crippen LogP contribution < -0.4 is 0 Å². The van der Waals surface area contributed by atoms with Crippen LogP contribution in [-0.4, -0.2) is 45.2 Å². The monoisotopic (exact) mass is 406 g/mol. The molecule has 0 radical (unpaired) electrons. The predicted octanol–water partition coefficient (Wildman–Crippen LogP) is 3.54. The Morgan fingerprint density at radius 1 is 1.34 bits per heavy atom. The van der Waals surface area contributed by atoms with E-state index in [0.717, 1.165) is 25.7 Å². The first kappa shape index (κ1) is 25.4. The average Bonchev–Trinajstić information content (AvgIpc) is 3.18. The summed E-state index contributed by atoms with van der Waals surface area (Å²) in [6.45, 7) is 5.72. The minimum absolute atomic E-state index is 0.0845. The quantitative estimate of drug-likeness (QED) is 0.281. The molecule has 2 rings (SSSR count). The minimum atomic E-state index is -0.738. The molecule has 164 valence electrons. The van der Waals surface area contributed by atoms with Crippen molar-refractivity contribution >= 4 is 5.97 Å². The number of aliphatic hydroxyl groups is 3. The van der Waals surface area contributed by atoms with Crippen LogP contribution in [0.3, 0.4) is 0 Å². The highest BCUT2D eigenvalue weighted by molar-refractivity contribution is 5.66. The van der Waals surface area contributed by atoms with Crippen molar-refractivity contribution in [2.24, 2.45) is 23.7 Å². The van der Waals surface area contributed by atoms with Gasteiger partial charge in [0.1, 0.15) is 0 Å². The summed E-state index contributed by atoms with van der Waals surface area (Å²) in [7, 11) is 0. The van der Waals surface area contributed by atoms with Crippen molar-refractivity contribution in [1.82, 2.24) is 0 Å². The highest BCUT2D eigenvalue weighted by atomic mass is 16.4. The molecule has 4 N–H and O–H groups in total. The van der Waals surface area contributed by atoms with E-state index in [1.54, 1.807) is 13.8 Å². The molecule has 0 aliphatic heterocycles. The molecule has 2 saturated carbocycles. The fraction of sp³-hybridized carbons (Fsp3) is 0.708. The fourth-order valence-electron chi connectivity index (χ4n) is 4.31. The zero-order valence-electron chi connectivity index (χ0n) is 18.1. The molecule has 29 heavy (non-hydrogen) atoms. The summed E-state index contributed by atoms with van der Waals surface area (Å²) in [5.74, 6) is 6.25. The van der Waals surface area contributed by atoms with Crippen molar-refractivity contribution < 1.29 is 25.2 Å². The van der Waals surface area contributed by atoms with E-state index in [2.05, 4.69) is 17.9 Å². The number of hydrogen-bond donors (Lipinski definition) is 4. The van der Waals surface area contributed by atoms with E-state index < -0.39 is 12.1 Å². The smallest absolute Gasteiger partial charge is 0.303 e. The highest BCUT2D eigenvalue weighted by Crippen LogP contribution is 2.50. The van der Waals surface area contributed by atoms with Gasteiger partial charge < -0.3 is 20.4 Å². The molecule has 6 atom stereocenters. The Kier molecular flexibility index (Phi) is 11.9. The van der Waals surface area contributed by atoms with Gasteiger partial charge in [0.25, 0.3) is 0 Å². The van der Waals surface area contributed by atoms with Crippen molar-refractivity contribution in [3.8, 4) is 11.8 Å². The van der Waals surface area contributed by atoms with Crippen molar-refractivity contribution in [2.75, 3.05) is 6.61 Å². The molecular weight excluding hydrogens is 368 g/mol. The van der Waals surface area contributed by atoms with Crippen LogP contribution in [0.2, 0.25) is 0 Å². The van der Waals surface area contributed by atoms with Gasteiger partial charge in [0.2, 0.25) is 0 Å². The molecule has 0 aromatic rings. The predicted molar refractivity (Wildman–Crippen MR) is 115 cm³/mol. The molecule has 0 aromatic heterocycles. The van der Waals surface area contributed by atoms with E-state index in [9.17, 15) is 15.0 Å². The van der Waals surface area contributed by atoms with Crippen LogP contribution in [0.5, 0.6) is 0 Å². The van der Waals surface area contributed by atoms with E-state index in [-0.39, 0.29) is 31.0 Å². The van der Waals surface area contributed by atoms with Gasteiger partial charge in [-0.25, -0.2) is 0 Å². The molecule has 2 aliphatic rings. The molecule has 0 saturated heterocycles. The lowest BCUT2D eigenvalue weighted by molar-refractivity contribution is -0.137. The van der Waals surface area contributed by atoms with Gasteiger partial charge in [-0.15, -0.1) is 11.8 Å². The number of unbranched alkanes of at least 4 members (excludes halogenated alkanes) is 1. The number of fused-ring (bicyclic) bond motifs is 1. The van der Waals surface area contributed by atoms with Crippen LogP contribution in [-0.2, 0) is 4.79 Å². The minimum Gasteiger partial charge on any atom is -0.481 e. The van der Waals surface area contributed by atoms with E-state index in [1.807, 2.05) is 19.1 Å². The molecule has 2 aliphatic carbocycles. The van der Waals surface area contributed by atoms with Crippen molar-refractivity contribution in [3.05, 3.63) is 23.8 Å².